The van der Waals surface area contributed by atoms with Crippen LogP contribution < -0.4 is 26.4 Å². The van der Waals surface area contributed by atoms with E-state index in [1.54, 1.807) is 5.19 Å². The lowest BCUT2D eigenvalue weighted by molar-refractivity contribution is -0.597. The van der Waals surface area contributed by atoms with Gasteiger partial charge in [0.1, 0.15) is 0 Å². The number of hydrogen-bond acceptors (Lipinski definition) is 0. The molecule has 17 heavy (non-hydrogen) atoms. The van der Waals surface area contributed by atoms with Crippen LogP contribution in [0.15, 0.2) is 54.6 Å². The fourth-order valence-electron chi connectivity index (χ4n) is 1.62. The Hall–Kier alpha value is -0.613. The van der Waals surface area contributed by atoms with E-state index in [4.69, 9.17) is 0 Å². The summed E-state index contributed by atoms with van der Waals surface area (Å²) >= 11 is -0.0142. The molecule has 0 heterocycles. The van der Waals surface area contributed by atoms with E-state index in [-0.39, 0.29) is 21.2 Å². The maximum Gasteiger partial charge on any atom is 0.357 e. The second-order valence-corrected chi connectivity index (χ2v) is 13.3. The molecule has 0 aliphatic carbocycles. The van der Waals surface area contributed by atoms with Crippen molar-refractivity contribution in [2.24, 2.45) is 0 Å². The third kappa shape index (κ3) is 3.68. The van der Waals surface area contributed by atoms with Gasteiger partial charge in [-0.3, -0.25) is 0 Å². The van der Waals surface area contributed by atoms with Crippen LogP contribution in [0.1, 0.15) is 0 Å². The molecular formula is C15H18ISi+. The van der Waals surface area contributed by atoms with Crippen LogP contribution >= 0.6 is 0 Å². The maximum absolute atomic E-state index is 2.44. The molecule has 2 rings (SSSR count). The molecule has 0 aliphatic rings. The molecule has 88 valence electrons. The molecule has 0 unspecified atom stereocenters. The first kappa shape index (κ1) is 12.8. The lowest BCUT2D eigenvalue weighted by Crippen LogP contribution is -3.61. The van der Waals surface area contributed by atoms with Crippen LogP contribution in [0.2, 0.25) is 19.6 Å². The number of rotatable bonds is 3. The zero-order valence-corrected chi connectivity index (χ0v) is 13.7. The largest absolute Gasteiger partial charge is 0.357 e. The highest BCUT2D eigenvalue weighted by molar-refractivity contribution is 6.88. The standard InChI is InChI=1S/C15H18ISi/c1-17(2,3)15-11-7-10-14(12-15)16-13-8-5-4-6-9-13/h4-12H,1-3H3/q+1. The van der Waals surface area contributed by atoms with Gasteiger partial charge in [0.25, 0.3) is 0 Å². The summed E-state index contributed by atoms with van der Waals surface area (Å²) in [6, 6.07) is 20.1. The maximum atomic E-state index is 2.44. The van der Waals surface area contributed by atoms with Gasteiger partial charge in [0, 0.05) is 0 Å². The van der Waals surface area contributed by atoms with Crippen LogP contribution in [0.3, 0.4) is 0 Å². The van der Waals surface area contributed by atoms with Crippen molar-refractivity contribution in [1.29, 1.82) is 0 Å². The van der Waals surface area contributed by atoms with E-state index >= 15 is 0 Å². The van der Waals surface area contributed by atoms with Crippen LogP contribution in [-0.4, -0.2) is 8.07 Å². The Kier molecular flexibility index (Phi) is 4.04. The van der Waals surface area contributed by atoms with Gasteiger partial charge in [-0.15, -0.1) is 0 Å². The Morgan fingerprint density at radius 3 is 2.06 bits per heavy atom. The molecular weight excluding hydrogens is 335 g/mol. The molecule has 0 saturated carbocycles. The summed E-state index contributed by atoms with van der Waals surface area (Å²) in [5.41, 5.74) is 0. The van der Waals surface area contributed by atoms with E-state index in [9.17, 15) is 0 Å². The van der Waals surface area contributed by atoms with Gasteiger partial charge in [-0.2, -0.15) is 0 Å². The monoisotopic (exact) mass is 353 g/mol. The zero-order valence-electron chi connectivity index (χ0n) is 10.6. The van der Waals surface area contributed by atoms with E-state index in [0.29, 0.717) is 0 Å². The summed E-state index contributed by atoms with van der Waals surface area (Å²) in [6.07, 6.45) is 0. The molecule has 0 spiro atoms. The molecule has 0 N–H and O–H groups in total. The minimum Gasteiger partial charge on any atom is -0.0656 e. The molecule has 0 aromatic heterocycles. The average molecular weight is 353 g/mol. The molecule has 2 heteroatoms. The predicted octanol–water partition coefficient (Wildman–Crippen LogP) is 0.360. The van der Waals surface area contributed by atoms with Crippen molar-refractivity contribution < 1.29 is 21.2 Å². The van der Waals surface area contributed by atoms with Gasteiger partial charge in [0.15, 0.2) is 7.14 Å². The SMILES string of the molecule is C[Si](C)(C)c1cccc([I+]c2ccccc2)c1. The molecule has 0 saturated heterocycles. The Labute approximate surface area is 115 Å². The van der Waals surface area contributed by atoms with E-state index < -0.39 is 8.07 Å². The van der Waals surface area contributed by atoms with E-state index in [1.807, 2.05) is 0 Å². The van der Waals surface area contributed by atoms with Gasteiger partial charge in [-0.05, 0) is 24.3 Å². The first-order valence-corrected chi connectivity index (χ1v) is 11.5. The van der Waals surface area contributed by atoms with Crippen LogP contribution in [0.5, 0.6) is 0 Å². The normalized spacial score (nSPS) is 11.5. The molecule has 0 aliphatic heterocycles. The second-order valence-electron chi connectivity index (χ2n) is 5.15. The summed E-state index contributed by atoms with van der Waals surface area (Å²) < 4.78 is 3.04. The summed E-state index contributed by atoms with van der Waals surface area (Å²) in [4.78, 5) is 0. The van der Waals surface area contributed by atoms with Crippen molar-refractivity contribution in [2.45, 2.75) is 19.6 Å². The van der Waals surface area contributed by atoms with Gasteiger partial charge < -0.3 is 0 Å². The van der Waals surface area contributed by atoms with Crippen molar-refractivity contribution in [2.75, 3.05) is 0 Å². The fraction of sp³-hybridized carbons (Fsp3) is 0.200. The summed E-state index contributed by atoms with van der Waals surface area (Å²) in [5.74, 6) is 0. The lowest BCUT2D eigenvalue weighted by atomic mass is 10.4. The van der Waals surface area contributed by atoms with E-state index in [0.717, 1.165) is 0 Å². The minimum atomic E-state index is -1.16. The van der Waals surface area contributed by atoms with Gasteiger partial charge >= 0.3 is 21.2 Å². The van der Waals surface area contributed by atoms with Crippen molar-refractivity contribution >= 4 is 13.3 Å². The third-order valence-electron chi connectivity index (χ3n) is 2.64. The quantitative estimate of drug-likeness (QED) is 0.552. The van der Waals surface area contributed by atoms with Crippen LogP contribution in [-0.2, 0) is 0 Å². The summed E-state index contributed by atoms with van der Waals surface area (Å²) in [6.45, 7) is 7.23. The van der Waals surface area contributed by atoms with Crippen LogP contribution in [0, 0.1) is 7.14 Å². The molecule has 0 fully saturated rings. The van der Waals surface area contributed by atoms with Gasteiger partial charge in [0.2, 0.25) is 0 Å². The molecule has 0 atom stereocenters. The van der Waals surface area contributed by atoms with Gasteiger partial charge in [0.05, 0.1) is 8.07 Å². The predicted molar refractivity (Wildman–Crippen MR) is 73.3 cm³/mol. The minimum absolute atomic E-state index is 0.0142. The smallest absolute Gasteiger partial charge is 0.0656 e. The highest BCUT2D eigenvalue weighted by Gasteiger charge is 2.20. The van der Waals surface area contributed by atoms with Crippen molar-refractivity contribution in [3.8, 4) is 0 Å². The molecule has 0 radical (unpaired) electrons. The molecule has 0 nitrogen and oxygen atoms in total. The highest BCUT2D eigenvalue weighted by atomic mass is 127. The fourth-order valence-corrected chi connectivity index (χ4v) is 5.47. The number of hydrogen-bond donors (Lipinski definition) is 0. The summed E-state index contributed by atoms with van der Waals surface area (Å²) in [5, 5.41) is 1.57. The molecule has 0 bridgehead atoms. The first-order chi connectivity index (χ1) is 8.05. The number of benzene rings is 2. The Morgan fingerprint density at radius 1 is 0.765 bits per heavy atom. The first-order valence-electron chi connectivity index (χ1n) is 5.86. The van der Waals surface area contributed by atoms with Crippen LogP contribution in [0.25, 0.3) is 0 Å². The van der Waals surface area contributed by atoms with Crippen molar-refractivity contribution in [3.63, 3.8) is 0 Å². The molecule has 2 aromatic rings. The average Bonchev–Trinajstić information content (AvgIpc) is 2.29. The van der Waals surface area contributed by atoms with Crippen LogP contribution in [0.4, 0.5) is 0 Å². The Morgan fingerprint density at radius 2 is 1.41 bits per heavy atom. The zero-order chi connectivity index (χ0) is 12.3. The topological polar surface area (TPSA) is 0 Å². The Bertz CT molecular complexity index is 486. The van der Waals surface area contributed by atoms with Gasteiger partial charge in [-0.1, -0.05) is 55.2 Å². The third-order valence-corrected chi connectivity index (χ3v) is 7.32. The lowest BCUT2D eigenvalue weighted by Gasteiger charge is -2.15. The summed E-state index contributed by atoms with van der Waals surface area (Å²) in [7, 11) is -1.16. The molecule has 2 aromatic carbocycles. The van der Waals surface area contributed by atoms with Gasteiger partial charge in [-0.25, -0.2) is 0 Å². The Balaban J connectivity index is 2.23. The van der Waals surface area contributed by atoms with Crippen molar-refractivity contribution in [3.05, 3.63) is 61.7 Å². The van der Waals surface area contributed by atoms with E-state index in [1.165, 1.54) is 7.14 Å². The van der Waals surface area contributed by atoms with Crippen molar-refractivity contribution in [1.82, 2.24) is 0 Å². The second kappa shape index (κ2) is 5.36. The molecule has 0 amide bonds. The number of halogens is 1. The van der Waals surface area contributed by atoms with E-state index in [2.05, 4.69) is 74.2 Å². The highest BCUT2D eigenvalue weighted by Crippen LogP contribution is 2.00.